The summed E-state index contributed by atoms with van der Waals surface area (Å²) in [6.45, 7) is 7.43. The minimum Gasteiger partial charge on any atom is -0.462 e. The SMILES string of the molecule is CC/C=C\C/C=C\C/C=C\C/C=C\C/C=C\CCCCCCOCC(COC(=O)CCCC/C=C\C/C=C\C/C=C\C/C=C\CC)OC(=O)CCCCCCC/C=C\CCCC. The van der Waals surface area contributed by atoms with Gasteiger partial charge in [0.1, 0.15) is 6.61 Å². The molecule has 0 saturated heterocycles. The topological polar surface area (TPSA) is 61.8 Å². The summed E-state index contributed by atoms with van der Waals surface area (Å²) in [5.41, 5.74) is 0. The zero-order chi connectivity index (χ0) is 44.9. The molecule has 1 atom stereocenters. The van der Waals surface area contributed by atoms with Crippen molar-refractivity contribution in [3.05, 3.63) is 122 Å². The van der Waals surface area contributed by atoms with Crippen LogP contribution in [0.1, 0.15) is 201 Å². The summed E-state index contributed by atoms with van der Waals surface area (Å²) in [5.74, 6) is -0.481. The highest BCUT2D eigenvalue weighted by molar-refractivity contribution is 5.70. The minimum absolute atomic E-state index is 0.0421. The van der Waals surface area contributed by atoms with Gasteiger partial charge in [-0.2, -0.15) is 0 Å². The van der Waals surface area contributed by atoms with E-state index in [-0.39, 0.29) is 25.2 Å². The number of unbranched alkanes of at least 4 members (excludes halogenated alkanes) is 13. The van der Waals surface area contributed by atoms with Crippen molar-refractivity contribution in [3.8, 4) is 0 Å². The van der Waals surface area contributed by atoms with Gasteiger partial charge in [-0.25, -0.2) is 0 Å². The number of esters is 2. The van der Waals surface area contributed by atoms with Crippen molar-refractivity contribution in [3.63, 3.8) is 0 Å². The fourth-order valence-electron chi connectivity index (χ4n) is 6.27. The Morgan fingerprint density at radius 2 is 0.726 bits per heavy atom. The van der Waals surface area contributed by atoms with Crippen LogP contribution in [-0.2, 0) is 23.8 Å². The molecule has 0 N–H and O–H groups in total. The third-order valence-corrected chi connectivity index (χ3v) is 9.96. The Morgan fingerprint density at radius 3 is 1.21 bits per heavy atom. The molecular formula is C57H92O5. The van der Waals surface area contributed by atoms with Crippen LogP contribution in [0.3, 0.4) is 0 Å². The summed E-state index contributed by atoms with van der Waals surface area (Å²) in [6, 6.07) is 0. The maximum absolute atomic E-state index is 12.8. The highest BCUT2D eigenvalue weighted by atomic mass is 16.6. The van der Waals surface area contributed by atoms with Crippen LogP contribution in [0.2, 0.25) is 0 Å². The molecule has 0 amide bonds. The molecular weight excluding hydrogens is 765 g/mol. The molecule has 0 spiro atoms. The normalized spacial score (nSPS) is 13.3. The molecule has 350 valence electrons. The Kier molecular flexibility index (Phi) is 48.6. The molecule has 62 heavy (non-hydrogen) atoms. The first-order valence-corrected chi connectivity index (χ1v) is 25.1. The first-order chi connectivity index (χ1) is 30.6. The van der Waals surface area contributed by atoms with E-state index in [2.05, 4.69) is 142 Å². The van der Waals surface area contributed by atoms with Gasteiger partial charge in [0.15, 0.2) is 6.10 Å². The average molecular weight is 857 g/mol. The number of hydrogen-bond acceptors (Lipinski definition) is 5. The standard InChI is InChI=1S/C57H92O5/c1-4-7-10-13-16-19-22-24-26-27-28-29-30-32-34-37-40-43-46-49-52-60-53-55(62-57(59)51-48-45-42-39-35-21-18-15-12-9-6-3)54-61-56(58)50-47-44-41-38-36-33-31-25-23-20-17-14-11-8-5-2/h7-8,10-11,15-20,24-26,28-29,31-32,34,36,38,55H,4-6,9,12-14,21-23,27,30,33,35,37,39-54H2,1-3H3/b10-7-,11-8-,18-15-,19-16-,20-17-,26-24-,29-28-,31-25-,34-32-,38-36-. The summed E-state index contributed by atoms with van der Waals surface area (Å²) < 4.78 is 17.3. The van der Waals surface area contributed by atoms with E-state index in [9.17, 15) is 9.59 Å². The Labute approximate surface area is 382 Å². The molecule has 5 heteroatoms. The van der Waals surface area contributed by atoms with Crippen LogP contribution in [0.5, 0.6) is 0 Å². The lowest BCUT2D eigenvalue weighted by atomic mass is 10.1. The molecule has 0 rings (SSSR count). The van der Waals surface area contributed by atoms with Gasteiger partial charge in [-0.1, -0.05) is 187 Å². The van der Waals surface area contributed by atoms with E-state index in [1.807, 2.05) is 0 Å². The second-order valence-electron chi connectivity index (χ2n) is 15.9. The van der Waals surface area contributed by atoms with Crippen molar-refractivity contribution in [2.24, 2.45) is 0 Å². The molecule has 0 fully saturated rings. The first kappa shape index (κ1) is 58.3. The van der Waals surface area contributed by atoms with Gasteiger partial charge >= 0.3 is 11.9 Å². The van der Waals surface area contributed by atoms with Gasteiger partial charge in [0.2, 0.25) is 0 Å². The lowest BCUT2D eigenvalue weighted by molar-refractivity contribution is -0.163. The van der Waals surface area contributed by atoms with Crippen LogP contribution >= 0.6 is 0 Å². The van der Waals surface area contributed by atoms with Crippen molar-refractivity contribution in [2.45, 2.75) is 207 Å². The van der Waals surface area contributed by atoms with E-state index in [1.54, 1.807) is 0 Å². The number of carbonyl (C=O) groups excluding carboxylic acids is 2. The Balaban J connectivity index is 4.39. The number of hydrogen-bond donors (Lipinski definition) is 0. The van der Waals surface area contributed by atoms with Crippen LogP contribution < -0.4 is 0 Å². The molecule has 0 radical (unpaired) electrons. The molecule has 5 nitrogen and oxygen atoms in total. The number of ether oxygens (including phenoxy) is 3. The van der Waals surface area contributed by atoms with Crippen molar-refractivity contribution < 1.29 is 23.8 Å². The number of allylic oxidation sites excluding steroid dienone is 20. The van der Waals surface area contributed by atoms with E-state index < -0.39 is 6.10 Å². The predicted molar refractivity (Wildman–Crippen MR) is 269 cm³/mol. The Bertz CT molecular complexity index is 1290. The molecule has 0 bridgehead atoms. The van der Waals surface area contributed by atoms with Crippen LogP contribution in [0.4, 0.5) is 0 Å². The molecule has 0 aliphatic carbocycles. The molecule has 0 aliphatic heterocycles. The van der Waals surface area contributed by atoms with E-state index in [0.29, 0.717) is 19.4 Å². The summed E-state index contributed by atoms with van der Waals surface area (Å²) in [7, 11) is 0. The summed E-state index contributed by atoms with van der Waals surface area (Å²) in [5, 5.41) is 0. The van der Waals surface area contributed by atoms with E-state index in [0.717, 1.165) is 128 Å². The average Bonchev–Trinajstić information content (AvgIpc) is 3.27. The monoisotopic (exact) mass is 857 g/mol. The van der Waals surface area contributed by atoms with E-state index in [1.165, 1.54) is 38.5 Å². The second-order valence-corrected chi connectivity index (χ2v) is 15.9. The molecule has 1 unspecified atom stereocenters. The fourth-order valence-corrected chi connectivity index (χ4v) is 6.27. The lowest BCUT2D eigenvalue weighted by Gasteiger charge is -2.18. The van der Waals surface area contributed by atoms with Gasteiger partial charge in [0.25, 0.3) is 0 Å². The molecule has 0 aromatic heterocycles. The number of carbonyl (C=O) groups is 2. The molecule has 0 aromatic rings. The Morgan fingerprint density at radius 1 is 0.371 bits per heavy atom. The summed E-state index contributed by atoms with van der Waals surface area (Å²) >= 11 is 0. The van der Waals surface area contributed by atoms with Crippen molar-refractivity contribution in [2.75, 3.05) is 19.8 Å². The van der Waals surface area contributed by atoms with E-state index >= 15 is 0 Å². The van der Waals surface area contributed by atoms with Crippen molar-refractivity contribution in [1.82, 2.24) is 0 Å². The second kappa shape index (κ2) is 51.6. The Hall–Kier alpha value is -3.70. The van der Waals surface area contributed by atoms with Gasteiger partial charge in [0, 0.05) is 19.4 Å². The maximum Gasteiger partial charge on any atom is 0.306 e. The summed E-state index contributed by atoms with van der Waals surface area (Å²) in [4.78, 5) is 25.3. The van der Waals surface area contributed by atoms with Crippen molar-refractivity contribution >= 4 is 11.9 Å². The third-order valence-electron chi connectivity index (χ3n) is 9.96. The highest BCUT2D eigenvalue weighted by Gasteiger charge is 2.17. The van der Waals surface area contributed by atoms with E-state index in [4.69, 9.17) is 14.2 Å². The van der Waals surface area contributed by atoms with Crippen molar-refractivity contribution in [1.29, 1.82) is 0 Å². The summed E-state index contributed by atoms with van der Waals surface area (Å²) in [6.07, 6.45) is 72.1. The smallest absolute Gasteiger partial charge is 0.306 e. The lowest BCUT2D eigenvalue weighted by Crippen LogP contribution is -2.30. The maximum atomic E-state index is 12.8. The quantitative estimate of drug-likeness (QED) is 0.0347. The van der Waals surface area contributed by atoms with Gasteiger partial charge in [-0.05, 0) is 122 Å². The minimum atomic E-state index is -0.578. The molecule has 0 aliphatic rings. The van der Waals surface area contributed by atoms with Gasteiger partial charge < -0.3 is 14.2 Å². The molecule has 0 aromatic carbocycles. The fraction of sp³-hybridized carbons (Fsp3) is 0.614. The highest BCUT2D eigenvalue weighted by Crippen LogP contribution is 2.11. The predicted octanol–water partition coefficient (Wildman–Crippen LogP) is 17.0. The van der Waals surface area contributed by atoms with Crippen LogP contribution in [-0.4, -0.2) is 37.9 Å². The third kappa shape index (κ3) is 49.0. The zero-order valence-electron chi connectivity index (χ0n) is 40.1. The number of rotatable bonds is 44. The van der Waals surface area contributed by atoms with Crippen LogP contribution in [0.15, 0.2) is 122 Å². The molecule has 0 heterocycles. The first-order valence-electron chi connectivity index (χ1n) is 25.1. The molecule has 0 saturated carbocycles. The van der Waals surface area contributed by atoms with Crippen LogP contribution in [0.25, 0.3) is 0 Å². The van der Waals surface area contributed by atoms with Crippen LogP contribution in [0, 0.1) is 0 Å². The van der Waals surface area contributed by atoms with Gasteiger partial charge in [-0.3, -0.25) is 9.59 Å². The zero-order valence-corrected chi connectivity index (χ0v) is 40.1. The van der Waals surface area contributed by atoms with Gasteiger partial charge in [0.05, 0.1) is 6.61 Å². The van der Waals surface area contributed by atoms with Gasteiger partial charge in [-0.15, -0.1) is 0 Å². The largest absolute Gasteiger partial charge is 0.462 e.